The molecule has 0 aliphatic rings. The standard InChI is InChI=1S/C89H146O17P2/c1-5-9-13-17-21-25-29-33-36-39-41-44-46-50-54-58-62-66-70-74-87(92)100-80-85(106-88(93)75-71-67-63-59-55-51-47-43-38-35-31-27-23-19-15-11-7-3)82-104-108(97,98)102-78-83(90)77-101-107(95,96)103-81-84(79-99-86(91)73-69-65-61-57-53-49-32-28-24-20-16-12-8-4)105-89(94)76-72-68-64-60-56-52-48-45-42-40-37-34-30-26-22-18-14-10-6-2/h9-10,13-14,21-23,25-27,33-38,41-42,44-45,47,50-52,54,56,59,63,83-85,90H,5-8,11-12,15-20,24,28-32,39-40,43,46,48-49,53,55,57-58,60-62,64-82H2,1-4H3,(H,95,96)(H,97,98)/b13-9-,14-10-,25-21-,26-22-,27-23-,36-33-,37-34-,38-35-,44-41-,45-42-,51-47-,54-50-,56-52-,63-59-/t83-,84+,85+/m0/s1. The van der Waals surface area contributed by atoms with Crippen LogP contribution < -0.4 is 0 Å². The van der Waals surface area contributed by atoms with Crippen LogP contribution in [0, 0.1) is 0 Å². The normalized spacial score (nSPS) is 14.7. The van der Waals surface area contributed by atoms with Crippen LogP contribution >= 0.6 is 15.6 Å². The number of allylic oxidation sites excluding steroid dienone is 28. The smallest absolute Gasteiger partial charge is 0.462 e. The molecule has 0 aromatic heterocycles. The van der Waals surface area contributed by atoms with Crippen LogP contribution in [0.3, 0.4) is 0 Å². The predicted molar refractivity (Wildman–Crippen MR) is 445 cm³/mol. The molecule has 19 heteroatoms. The van der Waals surface area contributed by atoms with Crippen molar-refractivity contribution in [3.8, 4) is 0 Å². The molecule has 3 N–H and O–H groups in total. The molecule has 0 fully saturated rings. The third-order valence-corrected chi connectivity index (χ3v) is 18.6. The summed E-state index contributed by atoms with van der Waals surface area (Å²) < 4.78 is 68.6. The fraction of sp³-hybridized carbons (Fsp3) is 0.640. The van der Waals surface area contributed by atoms with E-state index in [1.807, 2.05) is 12.2 Å². The van der Waals surface area contributed by atoms with Gasteiger partial charge in [-0.15, -0.1) is 0 Å². The molecule has 17 nitrogen and oxygen atoms in total. The van der Waals surface area contributed by atoms with Crippen molar-refractivity contribution < 1.29 is 80.2 Å². The van der Waals surface area contributed by atoms with E-state index in [-0.39, 0.29) is 25.7 Å². The van der Waals surface area contributed by atoms with Crippen molar-refractivity contribution >= 4 is 39.5 Å². The van der Waals surface area contributed by atoms with E-state index in [0.717, 1.165) is 154 Å². The van der Waals surface area contributed by atoms with Crippen molar-refractivity contribution in [2.45, 2.75) is 329 Å². The van der Waals surface area contributed by atoms with Crippen LogP contribution in [0.1, 0.15) is 310 Å². The molecule has 614 valence electrons. The Bertz CT molecular complexity index is 2710. The molecule has 0 aliphatic carbocycles. The van der Waals surface area contributed by atoms with Gasteiger partial charge in [-0.25, -0.2) is 9.13 Å². The van der Waals surface area contributed by atoms with E-state index in [1.165, 1.54) is 70.6 Å². The lowest BCUT2D eigenvalue weighted by Gasteiger charge is -2.21. The van der Waals surface area contributed by atoms with E-state index in [2.05, 4.69) is 186 Å². The molecule has 0 amide bonds. The summed E-state index contributed by atoms with van der Waals surface area (Å²) in [5.74, 6) is -2.32. The highest BCUT2D eigenvalue weighted by atomic mass is 31.2. The number of rotatable bonds is 76. The summed E-state index contributed by atoms with van der Waals surface area (Å²) in [6.45, 7) is 4.48. The highest BCUT2D eigenvalue weighted by Crippen LogP contribution is 2.45. The van der Waals surface area contributed by atoms with Crippen LogP contribution in [-0.2, 0) is 65.4 Å². The van der Waals surface area contributed by atoms with Crippen molar-refractivity contribution in [2.24, 2.45) is 0 Å². The fourth-order valence-electron chi connectivity index (χ4n) is 10.4. The molecule has 0 rings (SSSR count). The van der Waals surface area contributed by atoms with Crippen molar-refractivity contribution in [3.63, 3.8) is 0 Å². The van der Waals surface area contributed by atoms with E-state index in [1.54, 1.807) is 0 Å². The highest BCUT2D eigenvalue weighted by molar-refractivity contribution is 7.47. The van der Waals surface area contributed by atoms with Gasteiger partial charge in [0.1, 0.15) is 19.3 Å². The summed E-state index contributed by atoms with van der Waals surface area (Å²) in [4.78, 5) is 73.1. The largest absolute Gasteiger partial charge is 0.472 e. The number of esters is 4. The molecule has 0 aliphatic heterocycles. The van der Waals surface area contributed by atoms with Gasteiger partial charge in [0.2, 0.25) is 0 Å². The van der Waals surface area contributed by atoms with Gasteiger partial charge >= 0.3 is 39.5 Å². The Morgan fingerprint density at radius 2 is 0.491 bits per heavy atom. The molecule has 0 radical (unpaired) electrons. The van der Waals surface area contributed by atoms with Gasteiger partial charge in [0.15, 0.2) is 12.2 Å². The molecule has 0 heterocycles. The van der Waals surface area contributed by atoms with Crippen molar-refractivity contribution in [3.05, 3.63) is 170 Å². The lowest BCUT2D eigenvalue weighted by molar-refractivity contribution is -0.161. The van der Waals surface area contributed by atoms with Crippen LogP contribution in [0.4, 0.5) is 0 Å². The first kappa shape index (κ1) is 102. The van der Waals surface area contributed by atoms with Gasteiger partial charge in [-0.3, -0.25) is 37.3 Å². The number of carbonyl (C=O) groups is 4. The lowest BCUT2D eigenvalue weighted by atomic mass is 10.0. The second kappa shape index (κ2) is 79.5. The van der Waals surface area contributed by atoms with E-state index in [0.29, 0.717) is 32.1 Å². The summed E-state index contributed by atoms with van der Waals surface area (Å²) in [7, 11) is -10.0. The Morgan fingerprint density at radius 3 is 0.796 bits per heavy atom. The second-order valence-electron chi connectivity index (χ2n) is 27.0. The molecule has 0 aromatic carbocycles. The van der Waals surface area contributed by atoms with Crippen LogP contribution in [0.25, 0.3) is 0 Å². The van der Waals surface area contributed by atoms with Gasteiger partial charge in [0.05, 0.1) is 26.4 Å². The zero-order chi connectivity index (χ0) is 78.9. The first-order chi connectivity index (χ1) is 52.7. The summed E-state index contributed by atoms with van der Waals surface area (Å²) in [6, 6.07) is 0. The average Bonchev–Trinajstić information content (AvgIpc) is 0.892. The van der Waals surface area contributed by atoms with Crippen molar-refractivity contribution in [2.75, 3.05) is 39.6 Å². The quantitative estimate of drug-likeness (QED) is 0.0169. The highest BCUT2D eigenvalue weighted by Gasteiger charge is 2.30. The van der Waals surface area contributed by atoms with E-state index < -0.39 is 97.5 Å². The molecule has 0 saturated heterocycles. The van der Waals surface area contributed by atoms with Crippen molar-refractivity contribution in [1.29, 1.82) is 0 Å². The third kappa shape index (κ3) is 78.5. The number of phosphoric acid groups is 2. The van der Waals surface area contributed by atoms with Crippen LogP contribution in [0.15, 0.2) is 170 Å². The van der Waals surface area contributed by atoms with Crippen molar-refractivity contribution in [1.82, 2.24) is 0 Å². The summed E-state index contributed by atoms with van der Waals surface area (Å²) >= 11 is 0. The maximum absolute atomic E-state index is 13.1. The Hall–Kier alpha value is -5.58. The zero-order valence-corrected chi connectivity index (χ0v) is 69.0. The van der Waals surface area contributed by atoms with Gasteiger partial charge < -0.3 is 33.8 Å². The molecule has 108 heavy (non-hydrogen) atoms. The minimum atomic E-state index is -5.01. The van der Waals surface area contributed by atoms with Gasteiger partial charge in [-0.1, -0.05) is 301 Å². The third-order valence-electron chi connectivity index (χ3n) is 16.7. The first-order valence-corrected chi connectivity index (χ1v) is 44.4. The Balaban J connectivity index is 5.50. The number of aliphatic hydroxyl groups excluding tert-OH is 1. The van der Waals surface area contributed by atoms with E-state index >= 15 is 0 Å². The van der Waals surface area contributed by atoms with Gasteiger partial charge in [-0.05, 0) is 154 Å². The number of phosphoric ester groups is 2. The van der Waals surface area contributed by atoms with Crippen LogP contribution in [0.2, 0.25) is 0 Å². The number of aliphatic hydroxyl groups is 1. The molecule has 0 spiro atoms. The number of hydrogen-bond donors (Lipinski definition) is 3. The zero-order valence-electron chi connectivity index (χ0n) is 67.2. The average molecular weight is 1550 g/mol. The SMILES string of the molecule is CC/C=C\C/C=C\C/C=C\C/C=C\C/C=C\CCCCCC(=O)OC[C@H](COP(=O)(O)OC[C@@H](O)COP(=O)(O)OC[C@@H](COC(=O)CCCCCCCCCCCCCCC)OC(=O)CCCCC/C=C\C/C=C\C/C=C\C/C=C\C/C=C\CC)OC(=O)CCC/C=C\C/C=C\C/C=C\C/C=C\CCCCC. The summed E-state index contributed by atoms with van der Waals surface area (Å²) in [5, 5.41) is 10.7. The minimum absolute atomic E-state index is 0.00496. The fourth-order valence-corrected chi connectivity index (χ4v) is 12.0. The lowest BCUT2D eigenvalue weighted by Crippen LogP contribution is -2.30. The Kier molecular flexibility index (Phi) is 75.4. The summed E-state index contributed by atoms with van der Waals surface area (Å²) in [5.41, 5.74) is 0. The predicted octanol–water partition coefficient (Wildman–Crippen LogP) is 24.6. The Labute approximate surface area is 654 Å². The number of unbranched alkanes of at least 4 members (excludes halogenated alkanes) is 22. The molecular formula is C89H146O17P2. The summed E-state index contributed by atoms with van der Waals surface area (Å²) in [6.07, 6.45) is 94.7. The second-order valence-corrected chi connectivity index (χ2v) is 29.9. The van der Waals surface area contributed by atoms with Gasteiger partial charge in [0.25, 0.3) is 0 Å². The van der Waals surface area contributed by atoms with E-state index in [4.69, 9.17) is 37.0 Å². The maximum Gasteiger partial charge on any atom is 0.472 e. The Morgan fingerprint density at radius 1 is 0.269 bits per heavy atom. The van der Waals surface area contributed by atoms with Gasteiger partial charge in [-0.2, -0.15) is 0 Å². The topological polar surface area (TPSA) is 237 Å². The monoisotopic (exact) mass is 1550 g/mol. The number of ether oxygens (including phenoxy) is 4. The minimum Gasteiger partial charge on any atom is -0.462 e. The molecule has 5 atom stereocenters. The van der Waals surface area contributed by atoms with E-state index in [9.17, 15) is 43.2 Å². The number of hydrogen-bond acceptors (Lipinski definition) is 15. The molecular weight excluding hydrogens is 1400 g/mol. The first-order valence-electron chi connectivity index (χ1n) is 41.4. The molecule has 0 bridgehead atoms. The molecule has 0 aromatic rings. The van der Waals surface area contributed by atoms with Crippen LogP contribution in [-0.4, -0.2) is 96.7 Å². The maximum atomic E-state index is 13.1. The van der Waals surface area contributed by atoms with Crippen LogP contribution in [0.5, 0.6) is 0 Å². The molecule has 2 unspecified atom stereocenters. The van der Waals surface area contributed by atoms with Gasteiger partial charge in [0, 0.05) is 25.7 Å². The number of carbonyl (C=O) groups excluding carboxylic acids is 4. The molecule has 0 saturated carbocycles.